The molecule has 6 heteroatoms. The summed E-state index contributed by atoms with van der Waals surface area (Å²) in [6.07, 6.45) is 3.27. The number of rotatable bonds is 9. The number of carbonyl (C=O) groups excluding carboxylic acids is 2. The molecule has 196 valence electrons. The lowest BCUT2D eigenvalue weighted by molar-refractivity contribution is -0.133. The molecule has 2 amide bonds. The average molecular weight is 509 g/mol. The number of fused-ring (bicyclic) bond motifs is 2. The number of amides is 2. The standard InChI is InChI=1S/C32H36N4O2/c33-19-6-5-17-30-32(38)36(22-25-13-7-11-23-9-1-3-14-27(23)25)20-18-26(35-30)21-34-31(37)29-16-8-12-24-10-2-4-15-28(24)29/h1-4,7-16,26,30,35H,5-6,17-22,33H2,(H,34,37)/t26-,30-/m0/s1. The first-order chi connectivity index (χ1) is 18.6. The zero-order valence-electron chi connectivity index (χ0n) is 21.7. The molecule has 0 aliphatic carbocycles. The summed E-state index contributed by atoms with van der Waals surface area (Å²) in [5.41, 5.74) is 7.56. The molecule has 0 saturated carbocycles. The minimum atomic E-state index is -0.293. The van der Waals surface area contributed by atoms with Crippen LogP contribution in [0.5, 0.6) is 0 Å². The van der Waals surface area contributed by atoms with Crippen LogP contribution in [0, 0.1) is 0 Å². The van der Waals surface area contributed by atoms with Crippen molar-refractivity contribution in [1.29, 1.82) is 0 Å². The Morgan fingerprint density at radius 3 is 2.37 bits per heavy atom. The fourth-order valence-electron chi connectivity index (χ4n) is 5.47. The van der Waals surface area contributed by atoms with Gasteiger partial charge in [-0.2, -0.15) is 0 Å². The number of hydrogen-bond acceptors (Lipinski definition) is 4. The molecule has 0 aromatic heterocycles. The topological polar surface area (TPSA) is 87.5 Å². The predicted molar refractivity (Wildman–Crippen MR) is 154 cm³/mol. The molecule has 38 heavy (non-hydrogen) atoms. The van der Waals surface area contributed by atoms with Crippen LogP contribution in [0.2, 0.25) is 0 Å². The number of nitrogens with one attached hydrogen (secondary N) is 2. The number of hydrogen-bond donors (Lipinski definition) is 3. The van der Waals surface area contributed by atoms with Crippen molar-refractivity contribution in [2.24, 2.45) is 5.73 Å². The normalized spacial score (nSPS) is 18.0. The number of unbranched alkanes of at least 4 members (excludes halogenated alkanes) is 1. The second-order valence-corrected chi connectivity index (χ2v) is 10.1. The molecule has 4 aromatic rings. The summed E-state index contributed by atoms with van der Waals surface area (Å²) in [6, 6.07) is 28.0. The highest BCUT2D eigenvalue weighted by Crippen LogP contribution is 2.23. The Bertz CT molecular complexity index is 1410. The van der Waals surface area contributed by atoms with E-state index < -0.39 is 0 Å². The molecule has 1 saturated heterocycles. The monoisotopic (exact) mass is 508 g/mol. The van der Waals surface area contributed by atoms with E-state index >= 15 is 0 Å². The zero-order valence-corrected chi connectivity index (χ0v) is 21.7. The maximum Gasteiger partial charge on any atom is 0.251 e. The number of benzene rings is 4. The Morgan fingerprint density at radius 2 is 1.58 bits per heavy atom. The van der Waals surface area contributed by atoms with E-state index in [1.807, 2.05) is 59.5 Å². The van der Waals surface area contributed by atoms with Crippen molar-refractivity contribution in [3.05, 3.63) is 96.1 Å². The third-order valence-electron chi connectivity index (χ3n) is 7.53. The second kappa shape index (κ2) is 12.2. The van der Waals surface area contributed by atoms with Crippen LogP contribution < -0.4 is 16.4 Å². The zero-order chi connectivity index (χ0) is 26.3. The maximum absolute atomic E-state index is 13.7. The van der Waals surface area contributed by atoms with Crippen molar-refractivity contribution >= 4 is 33.4 Å². The molecule has 1 fully saturated rings. The summed E-state index contributed by atoms with van der Waals surface area (Å²) in [7, 11) is 0. The van der Waals surface area contributed by atoms with E-state index in [0.717, 1.165) is 42.0 Å². The Kier molecular flexibility index (Phi) is 8.31. The minimum absolute atomic E-state index is 0.00160. The Balaban J connectivity index is 1.30. The predicted octanol–water partition coefficient (Wildman–Crippen LogP) is 4.61. The van der Waals surface area contributed by atoms with Gasteiger partial charge in [0, 0.05) is 31.2 Å². The van der Waals surface area contributed by atoms with Gasteiger partial charge in [-0.05, 0) is 59.0 Å². The molecule has 0 bridgehead atoms. The Hall–Kier alpha value is -3.74. The lowest BCUT2D eigenvalue weighted by atomic mass is 10.0. The summed E-state index contributed by atoms with van der Waals surface area (Å²) in [5.74, 6) is 0.0318. The van der Waals surface area contributed by atoms with E-state index in [4.69, 9.17) is 5.73 Å². The second-order valence-electron chi connectivity index (χ2n) is 10.1. The van der Waals surface area contributed by atoms with Crippen LogP contribution in [-0.4, -0.2) is 48.4 Å². The number of nitrogens with zero attached hydrogens (tertiary/aromatic N) is 1. The Labute approximate surface area is 224 Å². The van der Waals surface area contributed by atoms with Crippen molar-refractivity contribution in [3.63, 3.8) is 0 Å². The highest BCUT2D eigenvalue weighted by molar-refractivity contribution is 6.07. The van der Waals surface area contributed by atoms with Gasteiger partial charge in [0.25, 0.3) is 5.91 Å². The highest BCUT2D eigenvalue weighted by Gasteiger charge is 2.31. The van der Waals surface area contributed by atoms with Gasteiger partial charge in [0.1, 0.15) is 0 Å². The van der Waals surface area contributed by atoms with Crippen LogP contribution in [-0.2, 0) is 11.3 Å². The molecule has 5 rings (SSSR count). The molecule has 2 atom stereocenters. The molecule has 4 N–H and O–H groups in total. The summed E-state index contributed by atoms with van der Waals surface area (Å²) in [4.78, 5) is 28.8. The summed E-state index contributed by atoms with van der Waals surface area (Å²) in [5, 5.41) is 11.0. The van der Waals surface area contributed by atoms with Gasteiger partial charge in [-0.3, -0.25) is 9.59 Å². The summed E-state index contributed by atoms with van der Waals surface area (Å²) in [6.45, 7) is 2.29. The first-order valence-electron chi connectivity index (χ1n) is 13.6. The quantitative estimate of drug-likeness (QED) is 0.288. The van der Waals surface area contributed by atoms with E-state index in [0.29, 0.717) is 31.7 Å². The van der Waals surface area contributed by atoms with Gasteiger partial charge in [0.05, 0.1) is 6.04 Å². The van der Waals surface area contributed by atoms with Crippen LogP contribution in [0.4, 0.5) is 0 Å². The van der Waals surface area contributed by atoms with E-state index in [1.54, 1.807) is 0 Å². The summed E-state index contributed by atoms with van der Waals surface area (Å²) < 4.78 is 0. The minimum Gasteiger partial charge on any atom is -0.350 e. The van der Waals surface area contributed by atoms with E-state index in [2.05, 4.69) is 41.0 Å². The number of carbonyl (C=O) groups is 2. The van der Waals surface area contributed by atoms with Crippen molar-refractivity contribution in [2.75, 3.05) is 19.6 Å². The lowest BCUT2D eigenvalue weighted by Crippen LogP contribution is -2.48. The largest absolute Gasteiger partial charge is 0.350 e. The SMILES string of the molecule is NCCCC[C@@H]1N[C@H](CNC(=O)c2cccc3ccccc23)CCN(Cc2cccc3ccccc23)C1=O. The third-order valence-corrected chi connectivity index (χ3v) is 7.53. The molecular weight excluding hydrogens is 472 g/mol. The summed E-state index contributed by atoms with van der Waals surface area (Å²) >= 11 is 0. The first kappa shape index (κ1) is 25.9. The first-order valence-corrected chi connectivity index (χ1v) is 13.6. The van der Waals surface area contributed by atoms with Crippen molar-refractivity contribution < 1.29 is 9.59 Å². The van der Waals surface area contributed by atoms with Crippen molar-refractivity contribution in [2.45, 2.75) is 44.3 Å². The average Bonchev–Trinajstić information content (AvgIpc) is 3.10. The molecule has 1 aliphatic rings. The van der Waals surface area contributed by atoms with Gasteiger partial charge in [-0.1, -0.05) is 85.3 Å². The molecule has 0 spiro atoms. The van der Waals surface area contributed by atoms with Crippen LogP contribution in [0.3, 0.4) is 0 Å². The van der Waals surface area contributed by atoms with Crippen LogP contribution in [0.25, 0.3) is 21.5 Å². The van der Waals surface area contributed by atoms with Gasteiger partial charge in [-0.25, -0.2) is 0 Å². The van der Waals surface area contributed by atoms with Gasteiger partial charge >= 0.3 is 0 Å². The van der Waals surface area contributed by atoms with Crippen LogP contribution >= 0.6 is 0 Å². The Morgan fingerprint density at radius 1 is 0.895 bits per heavy atom. The van der Waals surface area contributed by atoms with Crippen LogP contribution in [0.1, 0.15) is 41.6 Å². The van der Waals surface area contributed by atoms with Crippen molar-refractivity contribution in [3.8, 4) is 0 Å². The van der Waals surface area contributed by atoms with Gasteiger partial charge in [0.2, 0.25) is 5.91 Å². The highest BCUT2D eigenvalue weighted by atomic mass is 16.2. The van der Waals surface area contributed by atoms with Gasteiger partial charge < -0.3 is 21.3 Å². The third kappa shape index (κ3) is 5.87. The molecule has 6 nitrogen and oxygen atoms in total. The molecule has 1 heterocycles. The van der Waals surface area contributed by atoms with Gasteiger partial charge in [0.15, 0.2) is 0 Å². The number of nitrogens with two attached hydrogens (primary N) is 1. The lowest BCUT2D eigenvalue weighted by Gasteiger charge is -2.25. The van der Waals surface area contributed by atoms with Crippen LogP contribution in [0.15, 0.2) is 84.9 Å². The van der Waals surface area contributed by atoms with E-state index in [1.165, 1.54) is 10.8 Å². The van der Waals surface area contributed by atoms with Crippen molar-refractivity contribution in [1.82, 2.24) is 15.5 Å². The van der Waals surface area contributed by atoms with E-state index in [-0.39, 0.29) is 23.9 Å². The smallest absolute Gasteiger partial charge is 0.251 e. The molecular formula is C32H36N4O2. The molecule has 0 unspecified atom stereocenters. The molecule has 1 aliphatic heterocycles. The maximum atomic E-state index is 13.7. The fraction of sp³-hybridized carbons (Fsp3) is 0.312. The van der Waals surface area contributed by atoms with Gasteiger partial charge in [-0.15, -0.1) is 0 Å². The molecule has 4 aromatic carbocycles. The molecule has 0 radical (unpaired) electrons. The fourth-order valence-corrected chi connectivity index (χ4v) is 5.47. The van der Waals surface area contributed by atoms with E-state index in [9.17, 15) is 9.59 Å².